The van der Waals surface area contributed by atoms with E-state index >= 15 is 0 Å². The number of benzene rings is 2. The standard InChI is InChI=1S/C19H22BFO2/c21-19-13-17(11-12-18(19)20(22)23)16-9-7-15(8-10-16)14-5-3-1-2-4-6-14/h7-14,22-23H,1-6H2. The molecule has 0 heterocycles. The van der Waals surface area contributed by atoms with Crippen LogP contribution in [0.15, 0.2) is 42.5 Å². The van der Waals surface area contributed by atoms with Crippen LogP contribution in [0.5, 0.6) is 0 Å². The zero-order chi connectivity index (χ0) is 16.2. The number of hydrogen-bond donors (Lipinski definition) is 2. The predicted molar refractivity (Wildman–Crippen MR) is 92.1 cm³/mol. The molecule has 4 heteroatoms. The van der Waals surface area contributed by atoms with Crippen molar-refractivity contribution >= 4 is 12.6 Å². The SMILES string of the molecule is OB(O)c1ccc(-c2ccc(C3CCCCCC3)cc2)cc1F. The Morgan fingerprint density at radius 1 is 0.826 bits per heavy atom. The van der Waals surface area contributed by atoms with E-state index in [0.717, 1.165) is 11.1 Å². The van der Waals surface area contributed by atoms with Crippen LogP contribution < -0.4 is 5.46 Å². The maximum atomic E-state index is 13.9. The second-order valence-electron chi connectivity index (χ2n) is 6.42. The second kappa shape index (κ2) is 7.28. The van der Waals surface area contributed by atoms with Crippen LogP contribution in [0.3, 0.4) is 0 Å². The highest BCUT2D eigenvalue weighted by Crippen LogP contribution is 2.32. The lowest BCUT2D eigenvalue weighted by atomic mass is 9.79. The molecule has 2 aromatic carbocycles. The molecule has 0 aromatic heterocycles. The van der Waals surface area contributed by atoms with Crippen LogP contribution in [0.1, 0.15) is 50.0 Å². The molecule has 1 aliphatic rings. The zero-order valence-corrected chi connectivity index (χ0v) is 13.2. The van der Waals surface area contributed by atoms with E-state index in [-0.39, 0.29) is 5.46 Å². The highest BCUT2D eigenvalue weighted by molar-refractivity contribution is 6.58. The van der Waals surface area contributed by atoms with Crippen LogP contribution in [0.4, 0.5) is 4.39 Å². The minimum Gasteiger partial charge on any atom is -0.423 e. The third-order valence-electron chi connectivity index (χ3n) is 4.85. The smallest absolute Gasteiger partial charge is 0.423 e. The van der Waals surface area contributed by atoms with Gasteiger partial charge in [0, 0.05) is 5.46 Å². The van der Waals surface area contributed by atoms with Crippen molar-refractivity contribution in [2.45, 2.75) is 44.4 Å². The van der Waals surface area contributed by atoms with Crippen LogP contribution in [-0.4, -0.2) is 17.2 Å². The van der Waals surface area contributed by atoms with Gasteiger partial charge in [-0.25, -0.2) is 4.39 Å². The molecule has 0 saturated heterocycles. The summed E-state index contributed by atoms with van der Waals surface area (Å²) in [4.78, 5) is 0. The van der Waals surface area contributed by atoms with E-state index in [9.17, 15) is 4.39 Å². The third-order valence-corrected chi connectivity index (χ3v) is 4.85. The van der Waals surface area contributed by atoms with Crippen molar-refractivity contribution in [3.8, 4) is 11.1 Å². The Kier molecular flexibility index (Phi) is 5.14. The van der Waals surface area contributed by atoms with Crippen LogP contribution in [0.25, 0.3) is 11.1 Å². The van der Waals surface area contributed by atoms with Gasteiger partial charge >= 0.3 is 7.12 Å². The lowest BCUT2D eigenvalue weighted by molar-refractivity contribution is 0.423. The van der Waals surface area contributed by atoms with E-state index in [2.05, 4.69) is 12.1 Å². The summed E-state index contributed by atoms with van der Waals surface area (Å²) in [6.45, 7) is 0. The van der Waals surface area contributed by atoms with Gasteiger partial charge in [-0.15, -0.1) is 0 Å². The van der Waals surface area contributed by atoms with Crippen molar-refractivity contribution in [3.05, 3.63) is 53.8 Å². The molecule has 23 heavy (non-hydrogen) atoms. The van der Waals surface area contributed by atoms with Gasteiger partial charge in [0.05, 0.1) is 0 Å². The molecule has 2 N–H and O–H groups in total. The van der Waals surface area contributed by atoms with Crippen molar-refractivity contribution in [3.63, 3.8) is 0 Å². The molecule has 0 spiro atoms. The molecular formula is C19H22BFO2. The minimum atomic E-state index is -1.78. The van der Waals surface area contributed by atoms with Gasteiger partial charge in [-0.2, -0.15) is 0 Å². The predicted octanol–water partition coefficient (Wildman–Crippen LogP) is 3.61. The van der Waals surface area contributed by atoms with Crippen molar-refractivity contribution in [2.75, 3.05) is 0 Å². The first-order valence-corrected chi connectivity index (χ1v) is 8.41. The molecule has 0 unspecified atom stereocenters. The maximum Gasteiger partial charge on any atom is 0.491 e. The van der Waals surface area contributed by atoms with E-state index in [1.807, 2.05) is 12.1 Å². The molecule has 0 atom stereocenters. The summed E-state index contributed by atoms with van der Waals surface area (Å²) >= 11 is 0. The fourth-order valence-electron chi connectivity index (χ4n) is 3.48. The first-order valence-electron chi connectivity index (χ1n) is 8.41. The van der Waals surface area contributed by atoms with Crippen LogP contribution in [0, 0.1) is 5.82 Å². The van der Waals surface area contributed by atoms with Gasteiger partial charge < -0.3 is 10.0 Å². The van der Waals surface area contributed by atoms with Gasteiger partial charge in [-0.3, -0.25) is 0 Å². The molecule has 0 aliphatic heterocycles. The highest BCUT2D eigenvalue weighted by Gasteiger charge is 2.17. The Hall–Kier alpha value is -1.65. The number of rotatable bonds is 3. The van der Waals surface area contributed by atoms with Gasteiger partial charge in [0.2, 0.25) is 0 Å². The summed E-state index contributed by atoms with van der Waals surface area (Å²) in [5, 5.41) is 18.2. The third kappa shape index (κ3) is 3.82. The molecule has 3 rings (SSSR count). The molecule has 1 fully saturated rings. The largest absolute Gasteiger partial charge is 0.491 e. The minimum absolute atomic E-state index is 0.0937. The normalized spacial score (nSPS) is 16.1. The molecule has 120 valence electrons. The summed E-state index contributed by atoms with van der Waals surface area (Å²) in [5.74, 6) is 0.0561. The van der Waals surface area contributed by atoms with Crippen molar-refractivity contribution < 1.29 is 14.4 Å². The lowest BCUT2D eigenvalue weighted by Crippen LogP contribution is -2.32. The number of hydrogen-bond acceptors (Lipinski definition) is 2. The highest BCUT2D eigenvalue weighted by atomic mass is 19.1. The van der Waals surface area contributed by atoms with Crippen molar-refractivity contribution in [1.82, 2.24) is 0 Å². The fraction of sp³-hybridized carbons (Fsp3) is 0.368. The topological polar surface area (TPSA) is 40.5 Å². The first kappa shape index (κ1) is 16.2. The van der Waals surface area contributed by atoms with Crippen LogP contribution in [0.2, 0.25) is 0 Å². The van der Waals surface area contributed by atoms with E-state index < -0.39 is 12.9 Å². The zero-order valence-electron chi connectivity index (χ0n) is 13.2. The van der Waals surface area contributed by atoms with Gasteiger partial charge in [0.1, 0.15) is 5.82 Å². The molecule has 2 nitrogen and oxygen atoms in total. The van der Waals surface area contributed by atoms with E-state index in [0.29, 0.717) is 5.92 Å². The Bertz CT molecular complexity index is 647. The molecule has 1 saturated carbocycles. The Labute approximate surface area is 137 Å². The van der Waals surface area contributed by atoms with Crippen molar-refractivity contribution in [1.29, 1.82) is 0 Å². The van der Waals surface area contributed by atoms with Crippen LogP contribution in [-0.2, 0) is 0 Å². The van der Waals surface area contributed by atoms with Gasteiger partial charge in [0.25, 0.3) is 0 Å². The second-order valence-corrected chi connectivity index (χ2v) is 6.42. The summed E-state index contributed by atoms with van der Waals surface area (Å²) in [6, 6.07) is 12.9. The maximum absolute atomic E-state index is 13.9. The van der Waals surface area contributed by atoms with E-state index in [1.54, 1.807) is 6.07 Å². The molecule has 1 aliphatic carbocycles. The fourth-order valence-corrected chi connectivity index (χ4v) is 3.48. The van der Waals surface area contributed by atoms with Gasteiger partial charge in [-0.1, -0.05) is 62.1 Å². The quantitative estimate of drug-likeness (QED) is 0.671. The van der Waals surface area contributed by atoms with Crippen molar-refractivity contribution in [2.24, 2.45) is 0 Å². The summed E-state index contributed by atoms with van der Waals surface area (Å²) in [7, 11) is -1.78. The Morgan fingerprint density at radius 2 is 1.43 bits per heavy atom. The van der Waals surface area contributed by atoms with Gasteiger partial charge in [0.15, 0.2) is 0 Å². The monoisotopic (exact) mass is 312 g/mol. The Morgan fingerprint density at radius 3 is 2.00 bits per heavy atom. The molecule has 0 amide bonds. The van der Waals surface area contributed by atoms with E-state index in [4.69, 9.17) is 10.0 Å². The molecule has 0 bridgehead atoms. The molecular weight excluding hydrogens is 290 g/mol. The Balaban J connectivity index is 1.80. The van der Waals surface area contributed by atoms with Gasteiger partial charge in [-0.05, 0) is 41.5 Å². The first-order chi connectivity index (χ1) is 11.1. The van der Waals surface area contributed by atoms with Crippen LogP contribution >= 0.6 is 0 Å². The number of halogens is 1. The lowest BCUT2D eigenvalue weighted by Gasteiger charge is -2.15. The summed E-state index contributed by atoms with van der Waals surface area (Å²) in [6.07, 6.45) is 7.83. The average Bonchev–Trinajstić information content (AvgIpc) is 2.84. The van der Waals surface area contributed by atoms with E-state index in [1.165, 1.54) is 56.2 Å². The summed E-state index contributed by atoms with van der Waals surface area (Å²) < 4.78 is 13.9. The molecule has 0 radical (unpaired) electrons. The summed E-state index contributed by atoms with van der Waals surface area (Å²) in [5.41, 5.74) is 2.97. The molecule has 2 aromatic rings. The average molecular weight is 312 g/mol.